The number of carbonyl (C=O) groups excluding carboxylic acids is 4. The van der Waals surface area contributed by atoms with Gasteiger partial charge in [0.2, 0.25) is 0 Å². The van der Waals surface area contributed by atoms with Gasteiger partial charge in [0.05, 0.1) is 26.4 Å². The van der Waals surface area contributed by atoms with Gasteiger partial charge in [-0.25, -0.2) is 9.13 Å². The van der Waals surface area contributed by atoms with Crippen LogP contribution >= 0.6 is 15.6 Å². The van der Waals surface area contributed by atoms with Crippen molar-refractivity contribution in [2.75, 3.05) is 39.6 Å². The molecule has 0 aromatic rings. The maximum atomic E-state index is 13.0. The maximum Gasteiger partial charge on any atom is 0.472 e. The molecule has 17 nitrogen and oxygen atoms in total. The lowest BCUT2D eigenvalue weighted by Gasteiger charge is -2.21. The van der Waals surface area contributed by atoms with E-state index in [2.05, 4.69) is 72.8 Å². The zero-order valence-electron chi connectivity index (χ0n) is 56.0. The summed E-state index contributed by atoms with van der Waals surface area (Å²) in [6, 6.07) is 0. The van der Waals surface area contributed by atoms with Crippen LogP contribution in [0.15, 0.2) is 24.3 Å². The summed E-state index contributed by atoms with van der Waals surface area (Å²) < 4.78 is 68.1. The van der Waals surface area contributed by atoms with Gasteiger partial charge < -0.3 is 33.8 Å². The molecule has 0 saturated heterocycles. The summed E-state index contributed by atoms with van der Waals surface area (Å²) in [6.45, 7) is 11.6. The normalized spacial score (nSPS) is 14.4. The van der Waals surface area contributed by atoms with E-state index in [0.717, 1.165) is 127 Å². The van der Waals surface area contributed by atoms with Crippen molar-refractivity contribution in [1.82, 2.24) is 0 Å². The highest BCUT2D eigenvalue weighted by molar-refractivity contribution is 7.47. The van der Waals surface area contributed by atoms with Gasteiger partial charge in [0.15, 0.2) is 12.2 Å². The van der Waals surface area contributed by atoms with Gasteiger partial charge in [0, 0.05) is 25.7 Å². The van der Waals surface area contributed by atoms with Gasteiger partial charge in [-0.3, -0.25) is 37.3 Å². The molecule has 0 bridgehead atoms. The number of phosphoric ester groups is 2. The summed E-state index contributed by atoms with van der Waals surface area (Å²) in [7, 11) is -9.91. The molecule has 87 heavy (non-hydrogen) atoms. The average Bonchev–Trinajstić information content (AvgIpc) is 3.69. The van der Waals surface area contributed by atoms with E-state index in [1.807, 2.05) is 0 Å². The van der Waals surface area contributed by atoms with E-state index < -0.39 is 97.5 Å². The maximum absolute atomic E-state index is 13.0. The number of esters is 4. The van der Waals surface area contributed by atoms with Gasteiger partial charge in [-0.2, -0.15) is 0 Å². The number of unbranched alkanes of at least 4 members (excludes halogenated alkanes) is 29. The zero-order chi connectivity index (χ0) is 64.5. The second kappa shape index (κ2) is 58.6. The molecule has 0 fully saturated rings. The van der Waals surface area contributed by atoms with Crippen molar-refractivity contribution < 1.29 is 80.2 Å². The molecular weight excluding hydrogens is 1150 g/mol. The molecule has 0 rings (SSSR count). The highest BCUT2D eigenvalue weighted by Gasteiger charge is 2.30. The Balaban J connectivity index is 5.29. The summed E-state index contributed by atoms with van der Waals surface area (Å²) in [5.41, 5.74) is 0. The van der Waals surface area contributed by atoms with Crippen molar-refractivity contribution >= 4 is 39.5 Å². The molecule has 19 heteroatoms. The minimum absolute atomic E-state index is 0.0838. The van der Waals surface area contributed by atoms with Crippen molar-refractivity contribution in [2.24, 2.45) is 17.8 Å². The first-order valence-electron chi connectivity index (χ1n) is 34.7. The number of ether oxygens (including phenoxy) is 4. The number of allylic oxidation sites excluding steroid dienone is 4. The fourth-order valence-electron chi connectivity index (χ4n) is 9.65. The van der Waals surface area contributed by atoms with Crippen molar-refractivity contribution in [3.8, 4) is 0 Å². The molecule has 0 amide bonds. The number of aliphatic hydroxyl groups excluding tert-OH is 1. The molecule has 0 heterocycles. The third-order valence-corrected chi connectivity index (χ3v) is 16.9. The van der Waals surface area contributed by atoms with Crippen LogP contribution in [0.25, 0.3) is 0 Å². The predicted octanol–water partition coefficient (Wildman–Crippen LogP) is 18.6. The Kier molecular flexibility index (Phi) is 57.0. The van der Waals surface area contributed by atoms with Gasteiger partial charge in [0.25, 0.3) is 0 Å². The van der Waals surface area contributed by atoms with Crippen LogP contribution in [0.5, 0.6) is 0 Å². The molecule has 0 aliphatic rings. The van der Waals surface area contributed by atoms with Crippen molar-refractivity contribution in [3.63, 3.8) is 0 Å². The molecule has 0 aliphatic carbocycles. The second-order valence-corrected chi connectivity index (χ2v) is 28.2. The number of hydrogen-bond donors (Lipinski definition) is 3. The third-order valence-electron chi connectivity index (χ3n) is 15.0. The Hall–Kier alpha value is -2.46. The molecule has 0 aliphatic heterocycles. The predicted molar refractivity (Wildman–Crippen MR) is 349 cm³/mol. The van der Waals surface area contributed by atoms with Crippen LogP contribution in [0.1, 0.15) is 312 Å². The van der Waals surface area contributed by atoms with Crippen LogP contribution in [0, 0.1) is 17.8 Å². The molecule has 0 radical (unpaired) electrons. The van der Waals surface area contributed by atoms with Crippen LogP contribution < -0.4 is 0 Å². The molecule has 5 atom stereocenters. The number of carbonyl (C=O) groups is 4. The number of hydrogen-bond acceptors (Lipinski definition) is 15. The molecule has 2 unspecified atom stereocenters. The molecular formula is C68H128O17P2. The lowest BCUT2D eigenvalue weighted by atomic mass is 10.0. The Morgan fingerprint density at radius 3 is 0.931 bits per heavy atom. The second-order valence-electron chi connectivity index (χ2n) is 25.3. The first kappa shape index (κ1) is 84.5. The summed E-state index contributed by atoms with van der Waals surface area (Å²) in [6.07, 6.45) is 44.1. The number of rotatable bonds is 64. The molecule has 512 valence electrons. The highest BCUT2D eigenvalue weighted by Crippen LogP contribution is 2.45. The Labute approximate surface area is 529 Å². The van der Waals surface area contributed by atoms with Crippen LogP contribution in [-0.2, 0) is 65.4 Å². The highest BCUT2D eigenvalue weighted by atomic mass is 31.2. The van der Waals surface area contributed by atoms with Gasteiger partial charge in [0.1, 0.15) is 19.3 Å². The van der Waals surface area contributed by atoms with Crippen LogP contribution in [0.2, 0.25) is 0 Å². The molecule has 3 N–H and O–H groups in total. The van der Waals surface area contributed by atoms with Gasteiger partial charge in [-0.05, 0) is 69.1 Å². The number of aliphatic hydroxyl groups is 1. The van der Waals surface area contributed by atoms with E-state index in [1.165, 1.54) is 96.3 Å². The lowest BCUT2D eigenvalue weighted by molar-refractivity contribution is -0.161. The number of phosphoric acid groups is 2. The van der Waals surface area contributed by atoms with E-state index >= 15 is 0 Å². The average molecular weight is 1280 g/mol. The van der Waals surface area contributed by atoms with Crippen LogP contribution in [0.4, 0.5) is 0 Å². The zero-order valence-corrected chi connectivity index (χ0v) is 57.7. The fourth-order valence-corrected chi connectivity index (χ4v) is 11.2. The lowest BCUT2D eigenvalue weighted by Crippen LogP contribution is -2.30. The van der Waals surface area contributed by atoms with Crippen LogP contribution in [0.3, 0.4) is 0 Å². The Morgan fingerprint density at radius 1 is 0.356 bits per heavy atom. The van der Waals surface area contributed by atoms with Gasteiger partial charge in [-0.15, -0.1) is 0 Å². The first-order chi connectivity index (χ1) is 41.7. The molecule has 0 aromatic carbocycles. The third kappa shape index (κ3) is 62.1. The molecule has 0 saturated carbocycles. The Morgan fingerprint density at radius 2 is 0.621 bits per heavy atom. The van der Waals surface area contributed by atoms with E-state index in [4.69, 9.17) is 37.0 Å². The minimum atomic E-state index is -4.96. The smallest absolute Gasteiger partial charge is 0.462 e. The van der Waals surface area contributed by atoms with Gasteiger partial charge >= 0.3 is 39.5 Å². The summed E-state index contributed by atoms with van der Waals surface area (Å²) in [4.78, 5) is 72.4. The SMILES string of the molecule is CCCCCC/C=C\C=C/CCCCCCCC(=O)O[C@H](COC(=O)CCCCCCCCCCC(C)C)COP(=O)(O)OC[C@@H](O)COP(=O)(O)OC[C@@H](COC(=O)CCCCCCCCC(C)C)OC(=O)CCCCCCCCCCCC(C)C. The topological polar surface area (TPSA) is 237 Å². The summed E-state index contributed by atoms with van der Waals surface area (Å²) in [5, 5.41) is 10.6. The largest absolute Gasteiger partial charge is 0.472 e. The standard InChI is InChI=1S/C68H128O17P2/c1-8-9-10-11-12-13-14-15-16-17-18-21-28-37-44-51-67(72)84-63(55-78-65(70)49-42-35-27-24-23-26-33-40-47-60(4)5)57-82-86(74,75)80-53-62(69)54-81-87(76,77)83-58-64(56-79-66(71)50-43-36-31-30-34-41-48-61(6)7)85-68(73)52-45-38-29-22-19-20-25-32-39-46-59(2)3/h13-16,59-64,69H,8-12,17-58H2,1-7H3,(H,74,75)(H,76,77)/b14-13-,16-15-/t62-,63-,64-/m1/s1. The van der Waals surface area contributed by atoms with Gasteiger partial charge in [-0.1, -0.05) is 259 Å². The summed E-state index contributed by atoms with van der Waals surface area (Å²) in [5.74, 6) is -0.0277. The van der Waals surface area contributed by atoms with Crippen molar-refractivity contribution in [3.05, 3.63) is 24.3 Å². The Bertz CT molecular complexity index is 1810. The van der Waals surface area contributed by atoms with E-state index in [0.29, 0.717) is 31.6 Å². The first-order valence-corrected chi connectivity index (χ1v) is 37.7. The minimum Gasteiger partial charge on any atom is -0.462 e. The molecule has 0 spiro atoms. The monoisotopic (exact) mass is 1280 g/mol. The van der Waals surface area contributed by atoms with Crippen molar-refractivity contribution in [1.29, 1.82) is 0 Å². The fraction of sp³-hybridized carbons (Fsp3) is 0.882. The van der Waals surface area contributed by atoms with E-state index in [-0.39, 0.29) is 25.7 Å². The van der Waals surface area contributed by atoms with Crippen molar-refractivity contribution in [2.45, 2.75) is 330 Å². The quantitative estimate of drug-likeness (QED) is 0.0169. The van der Waals surface area contributed by atoms with E-state index in [9.17, 15) is 43.2 Å². The summed E-state index contributed by atoms with van der Waals surface area (Å²) >= 11 is 0. The van der Waals surface area contributed by atoms with Crippen LogP contribution in [-0.4, -0.2) is 96.7 Å². The van der Waals surface area contributed by atoms with E-state index in [1.54, 1.807) is 0 Å². The molecule has 0 aromatic heterocycles.